The Morgan fingerprint density at radius 3 is 2.56 bits per heavy atom. The van der Waals surface area contributed by atoms with E-state index in [4.69, 9.17) is 9.47 Å². The predicted octanol–water partition coefficient (Wildman–Crippen LogP) is 1.73. The van der Waals surface area contributed by atoms with Crippen LogP contribution in [0.15, 0.2) is 0 Å². The molecule has 1 unspecified atom stereocenters. The van der Waals surface area contributed by atoms with Crippen LogP contribution in [-0.4, -0.2) is 56.2 Å². The van der Waals surface area contributed by atoms with Gasteiger partial charge in [-0.25, -0.2) is 0 Å². The quantitative estimate of drug-likeness (QED) is 0.441. The van der Waals surface area contributed by atoms with E-state index in [0.29, 0.717) is 18.8 Å². The number of rotatable bonds is 10. The molecule has 1 atom stereocenters. The predicted molar refractivity (Wildman–Crippen MR) is 71.7 cm³/mol. The number of ether oxygens (including phenoxy) is 2. The van der Waals surface area contributed by atoms with Gasteiger partial charge in [0.2, 0.25) is 0 Å². The lowest BCUT2D eigenvalue weighted by atomic mass is 10.1. The first kappa shape index (κ1) is 15.6. The minimum Gasteiger partial charge on any atom is -0.381 e. The van der Waals surface area contributed by atoms with Crippen molar-refractivity contribution in [2.24, 2.45) is 5.92 Å². The SMILES string of the molecule is CC(C=O)CCOCCCOC1CN(C(C)C)C1. The molecule has 0 bridgehead atoms. The second kappa shape index (κ2) is 8.62. The summed E-state index contributed by atoms with van der Waals surface area (Å²) in [6.45, 7) is 10.6. The van der Waals surface area contributed by atoms with Gasteiger partial charge in [0, 0.05) is 44.9 Å². The summed E-state index contributed by atoms with van der Waals surface area (Å²) < 4.78 is 11.2. The van der Waals surface area contributed by atoms with Crippen LogP contribution in [0.3, 0.4) is 0 Å². The first-order valence-corrected chi connectivity index (χ1v) is 7.02. The minimum absolute atomic E-state index is 0.109. The Morgan fingerprint density at radius 2 is 1.94 bits per heavy atom. The third kappa shape index (κ3) is 5.94. The molecular weight excluding hydrogens is 230 g/mol. The van der Waals surface area contributed by atoms with E-state index in [9.17, 15) is 4.79 Å². The maximum Gasteiger partial charge on any atom is 0.122 e. The average Bonchev–Trinajstić information content (AvgIpc) is 2.28. The molecule has 0 saturated carbocycles. The zero-order valence-corrected chi connectivity index (χ0v) is 11.9. The van der Waals surface area contributed by atoms with Gasteiger partial charge in [0.1, 0.15) is 6.29 Å². The smallest absolute Gasteiger partial charge is 0.122 e. The van der Waals surface area contributed by atoms with E-state index in [1.807, 2.05) is 6.92 Å². The molecule has 1 aliphatic rings. The summed E-state index contributed by atoms with van der Waals surface area (Å²) in [5.74, 6) is 0.109. The lowest BCUT2D eigenvalue weighted by Gasteiger charge is -2.41. The Kier molecular flexibility index (Phi) is 7.47. The maximum absolute atomic E-state index is 10.4. The van der Waals surface area contributed by atoms with Gasteiger partial charge in [0.25, 0.3) is 0 Å². The Bertz CT molecular complexity index is 227. The highest BCUT2D eigenvalue weighted by atomic mass is 16.5. The summed E-state index contributed by atoms with van der Waals surface area (Å²) in [5, 5.41) is 0. The number of hydrogen-bond acceptors (Lipinski definition) is 4. The molecule has 1 rings (SSSR count). The van der Waals surface area contributed by atoms with Gasteiger partial charge in [-0.1, -0.05) is 6.92 Å². The van der Waals surface area contributed by atoms with Crippen LogP contribution in [0.5, 0.6) is 0 Å². The Morgan fingerprint density at radius 1 is 1.22 bits per heavy atom. The van der Waals surface area contributed by atoms with Gasteiger partial charge < -0.3 is 14.3 Å². The van der Waals surface area contributed by atoms with Crippen molar-refractivity contribution in [2.75, 3.05) is 32.9 Å². The van der Waals surface area contributed by atoms with Gasteiger partial charge in [-0.3, -0.25) is 4.90 Å². The fraction of sp³-hybridized carbons (Fsp3) is 0.929. The third-order valence-electron chi connectivity index (χ3n) is 3.34. The summed E-state index contributed by atoms with van der Waals surface area (Å²) >= 11 is 0. The molecule has 0 aromatic rings. The maximum atomic E-state index is 10.4. The minimum atomic E-state index is 0.109. The van der Waals surface area contributed by atoms with Crippen molar-refractivity contribution in [3.05, 3.63) is 0 Å². The first-order chi connectivity index (χ1) is 8.63. The number of carbonyl (C=O) groups is 1. The largest absolute Gasteiger partial charge is 0.381 e. The van der Waals surface area contributed by atoms with E-state index < -0.39 is 0 Å². The molecule has 0 spiro atoms. The van der Waals surface area contributed by atoms with Crippen LogP contribution in [-0.2, 0) is 14.3 Å². The van der Waals surface area contributed by atoms with Crippen molar-refractivity contribution in [3.63, 3.8) is 0 Å². The Balaban J connectivity index is 1.81. The number of nitrogens with zero attached hydrogens (tertiary/aromatic N) is 1. The van der Waals surface area contributed by atoms with Gasteiger partial charge in [-0.05, 0) is 26.7 Å². The molecule has 0 aliphatic carbocycles. The van der Waals surface area contributed by atoms with Crippen molar-refractivity contribution >= 4 is 6.29 Å². The summed E-state index contributed by atoms with van der Waals surface area (Å²) in [6, 6.07) is 0.632. The molecule has 0 amide bonds. The molecule has 0 N–H and O–H groups in total. The van der Waals surface area contributed by atoms with Gasteiger partial charge in [0.05, 0.1) is 6.10 Å². The van der Waals surface area contributed by atoms with E-state index in [1.54, 1.807) is 0 Å². The van der Waals surface area contributed by atoms with E-state index in [-0.39, 0.29) is 5.92 Å². The zero-order chi connectivity index (χ0) is 13.4. The number of carbonyl (C=O) groups excluding carboxylic acids is 1. The van der Waals surface area contributed by atoms with Gasteiger partial charge >= 0.3 is 0 Å². The molecule has 0 radical (unpaired) electrons. The normalized spacial score (nSPS) is 18.9. The topological polar surface area (TPSA) is 38.8 Å². The van der Waals surface area contributed by atoms with E-state index in [0.717, 1.165) is 45.4 Å². The Labute approximate surface area is 111 Å². The molecule has 1 heterocycles. The van der Waals surface area contributed by atoms with Gasteiger partial charge in [0.15, 0.2) is 0 Å². The lowest BCUT2D eigenvalue weighted by molar-refractivity contribution is -0.111. The highest BCUT2D eigenvalue weighted by Crippen LogP contribution is 2.14. The van der Waals surface area contributed by atoms with E-state index in [1.165, 1.54) is 0 Å². The fourth-order valence-corrected chi connectivity index (χ4v) is 1.85. The number of likely N-dealkylation sites (tertiary alicyclic amines) is 1. The second-order valence-corrected chi connectivity index (χ2v) is 5.41. The van der Waals surface area contributed by atoms with Crippen molar-refractivity contribution in [2.45, 2.75) is 45.8 Å². The van der Waals surface area contributed by atoms with Crippen molar-refractivity contribution < 1.29 is 14.3 Å². The first-order valence-electron chi connectivity index (χ1n) is 7.02. The summed E-state index contributed by atoms with van der Waals surface area (Å²) in [4.78, 5) is 12.8. The average molecular weight is 257 g/mol. The molecular formula is C14H27NO3. The molecule has 4 heteroatoms. The second-order valence-electron chi connectivity index (χ2n) is 5.41. The summed E-state index contributed by atoms with van der Waals surface area (Å²) in [7, 11) is 0. The molecule has 4 nitrogen and oxygen atoms in total. The number of hydrogen-bond donors (Lipinski definition) is 0. The van der Waals surface area contributed by atoms with Crippen molar-refractivity contribution in [3.8, 4) is 0 Å². The fourth-order valence-electron chi connectivity index (χ4n) is 1.85. The lowest BCUT2D eigenvalue weighted by Crippen LogP contribution is -2.55. The zero-order valence-electron chi connectivity index (χ0n) is 11.9. The monoisotopic (exact) mass is 257 g/mol. The highest BCUT2D eigenvalue weighted by Gasteiger charge is 2.28. The molecule has 0 aromatic carbocycles. The van der Waals surface area contributed by atoms with Crippen LogP contribution in [0, 0.1) is 5.92 Å². The Hall–Kier alpha value is -0.450. The van der Waals surface area contributed by atoms with Crippen molar-refractivity contribution in [1.82, 2.24) is 4.90 Å². The standard InChI is InChI=1S/C14H27NO3/c1-12(2)15-9-14(10-15)18-7-4-6-17-8-5-13(3)11-16/h11-14H,4-10H2,1-3H3. The van der Waals surface area contributed by atoms with Crippen LogP contribution in [0.2, 0.25) is 0 Å². The van der Waals surface area contributed by atoms with Crippen LogP contribution in [0.25, 0.3) is 0 Å². The van der Waals surface area contributed by atoms with Crippen LogP contribution in [0.1, 0.15) is 33.6 Å². The van der Waals surface area contributed by atoms with E-state index in [2.05, 4.69) is 18.7 Å². The van der Waals surface area contributed by atoms with E-state index >= 15 is 0 Å². The molecule has 18 heavy (non-hydrogen) atoms. The third-order valence-corrected chi connectivity index (χ3v) is 3.34. The number of aldehydes is 1. The van der Waals surface area contributed by atoms with Gasteiger partial charge in [-0.15, -0.1) is 0 Å². The summed E-state index contributed by atoms with van der Waals surface area (Å²) in [6.07, 6.45) is 3.15. The molecule has 106 valence electrons. The van der Waals surface area contributed by atoms with Crippen LogP contribution >= 0.6 is 0 Å². The van der Waals surface area contributed by atoms with Crippen LogP contribution in [0.4, 0.5) is 0 Å². The van der Waals surface area contributed by atoms with Gasteiger partial charge in [-0.2, -0.15) is 0 Å². The molecule has 0 aromatic heterocycles. The molecule has 1 aliphatic heterocycles. The molecule has 1 saturated heterocycles. The highest BCUT2D eigenvalue weighted by molar-refractivity contribution is 5.52. The van der Waals surface area contributed by atoms with Crippen molar-refractivity contribution in [1.29, 1.82) is 0 Å². The summed E-state index contributed by atoms with van der Waals surface area (Å²) in [5.41, 5.74) is 0. The molecule has 1 fully saturated rings. The van der Waals surface area contributed by atoms with Crippen LogP contribution < -0.4 is 0 Å².